The van der Waals surface area contributed by atoms with Crippen LogP contribution in [0.15, 0.2) is 0 Å². The van der Waals surface area contributed by atoms with Gasteiger partial charge in [-0.25, -0.2) is 0 Å². The van der Waals surface area contributed by atoms with Crippen LogP contribution < -0.4 is 0 Å². The number of ether oxygens (including phenoxy) is 1. The molecule has 4 heteroatoms. The van der Waals surface area contributed by atoms with Crippen molar-refractivity contribution in [2.24, 2.45) is 5.92 Å². The van der Waals surface area contributed by atoms with Crippen LogP contribution in [0.1, 0.15) is 25.7 Å². The summed E-state index contributed by atoms with van der Waals surface area (Å²) in [6.45, 7) is 8.86. The summed E-state index contributed by atoms with van der Waals surface area (Å²) >= 11 is 0. The minimum absolute atomic E-state index is 0.307. The molecule has 0 saturated carbocycles. The first kappa shape index (κ1) is 14.3. The van der Waals surface area contributed by atoms with E-state index in [-0.39, 0.29) is 0 Å². The van der Waals surface area contributed by atoms with Crippen LogP contribution in [0, 0.1) is 5.92 Å². The van der Waals surface area contributed by atoms with E-state index in [4.69, 9.17) is 9.84 Å². The van der Waals surface area contributed by atoms with Gasteiger partial charge in [0.15, 0.2) is 0 Å². The third kappa shape index (κ3) is 4.84. The van der Waals surface area contributed by atoms with E-state index in [1.54, 1.807) is 0 Å². The van der Waals surface area contributed by atoms with Gasteiger partial charge < -0.3 is 14.7 Å². The van der Waals surface area contributed by atoms with Crippen LogP contribution in [0.3, 0.4) is 0 Å². The molecule has 0 aromatic rings. The molecule has 2 aliphatic heterocycles. The van der Waals surface area contributed by atoms with Crippen molar-refractivity contribution in [1.82, 2.24) is 9.80 Å². The van der Waals surface area contributed by atoms with Crippen molar-refractivity contribution >= 4 is 0 Å². The number of nitrogens with zero attached hydrogens (tertiary/aromatic N) is 2. The third-order valence-electron chi connectivity index (χ3n) is 4.31. The average molecular weight is 256 g/mol. The lowest BCUT2D eigenvalue weighted by Gasteiger charge is -2.32. The molecule has 4 nitrogen and oxygen atoms in total. The van der Waals surface area contributed by atoms with Crippen LogP contribution in [-0.2, 0) is 4.74 Å². The maximum atomic E-state index is 8.91. The molecule has 1 N–H and O–H groups in total. The summed E-state index contributed by atoms with van der Waals surface area (Å²) in [5.41, 5.74) is 0. The average Bonchev–Trinajstić information content (AvgIpc) is 2.42. The van der Waals surface area contributed by atoms with Gasteiger partial charge in [-0.2, -0.15) is 0 Å². The molecule has 0 aromatic carbocycles. The number of rotatable bonds is 6. The Morgan fingerprint density at radius 1 is 0.944 bits per heavy atom. The zero-order chi connectivity index (χ0) is 12.6. The van der Waals surface area contributed by atoms with Crippen molar-refractivity contribution in [3.8, 4) is 0 Å². The van der Waals surface area contributed by atoms with E-state index in [1.165, 1.54) is 45.3 Å². The zero-order valence-electron chi connectivity index (χ0n) is 11.5. The molecule has 0 aliphatic carbocycles. The van der Waals surface area contributed by atoms with Gasteiger partial charge in [-0.05, 0) is 51.2 Å². The van der Waals surface area contributed by atoms with Crippen molar-refractivity contribution < 1.29 is 9.84 Å². The maximum Gasteiger partial charge on any atom is 0.0594 e. The first-order valence-corrected chi connectivity index (χ1v) is 7.52. The first-order chi connectivity index (χ1) is 8.88. The largest absolute Gasteiger partial charge is 0.395 e. The van der Waals surface area contributed by atoms with Gasteiger partial charge in [0.1, 0.15) is 0 Å². The van der Waals surface area contributed by atoms with Gasteiger partial charge in [0.05, 0.1) is 19.8 Å². The molecular formula is C14H28N2O2. The van der Waals surface area contributed by atoms with Gasteiger partial charge in [0.2, 0.25) is 0 Å². The van der Waals surface area contributed by atoms with Gasteiger partial charge >= 0.3 is 0 Å². The monoisotopic (exact) mass is 256 g/mol. The Balaban J connectivity index is 1.52. The number of piperidine rings is 1. The second-order valence-corrected chi connectivity index (χ2v) is 5.60. The fourth-order valence-corrected chi connectivity index (χ4v) is 3.07. The number of morpholine rings is 1. The Kier molecular flexibility index (Phi) is 6.41. The summed E-state index contributed by atoms with van der Waals surface area (Å²) in [6.07, 6.45) is 5.36. The summed E-state index contributed by atoms with van der Waals surface area (Å²) in [7, 11) is 0. The highest BCUT2D eigenvalue weighted by Gasteiger charge is 2.18. The number of hydrogen-bond acceptors (Lipinski definition) is 4. The molecule has 0 atom stereocenters. The molecule has 2 saturated heterocycles. The number of likely N-dealkylation sites (tertiary alicyclic amines) is 1. The minimum atomic E-state index is 0.307. The van der Waals surface area contributed by atoms with Gasteiger partial charge in [-0.3, -0.25) is 4.90 Å². The second kappa shape index (κ2) is 8.10. The summed E-state index contributed by atoms with van der Waals surface area (Å²) in [4.78, 5) is 4.92. The van der Waals surface area contributed by atoms with Crippen LogP contribution in [0.5, 0.6) is 0 Å². The summed E-state index contributed by atoms with van der Waals surface area (Å²) in [5, 5.41) is 8.91. The summed E-state index contributed by atoms with van der Waals surface area (Å²) in [6, 6.07) is 0. The highest BCUT2D eigenvalue weighted by atomic mass is 16.5. The molecule has 106 valence electrons. The predicted octanol–water partition coefficient (Wildman–Crippen LogP) is 0.803. The highest BCUT2D eigenvalue weighted by molar-refractivity contribution is 4.73. The van der Waals surface area contributed by atoms with Crippen LogP contribution in [-0.4, -0.2) is 74.0 Å². The topological polar surface area (TPSA) is 35.9 Å². The molecule has 2 fully saturated rings. The van der Waals surface area contributed by atoms with Crippen molar-refractivity contribution in [3.05, 3.63) is 0 Å². The maximum absolute atomic E-state index is 8.91. The first-order valence-electron chi connectivity index (χ1n) is 7.52. The van der Waals surface area contributed by atoms with Crippen molar-refractivity contribution in [2.45, 2.75) is 25.7 Å². The predicted molar refractivity (Wildman–Crippen MR) is 72.7 cm³/mol. The lowest BCUT2D eigenvalue weighted by Crippen LogP contribution is -2.38. The lowest BCUT2D eigenvalue weighted by molar-refractivity contribution is 0.0361. The Bertz CT molecular complexity index is 212. The van der Waals surface area contributed by atoms with Crippen LogP contribution >= 0.6 is 0 Å². The van der Waals surface area contributed by atoms with E-state index in [0.717, 1.165) is 38.8 Å². The van der Waals surface area contributed by atoms with E-state index in [2.05, 4.69) is 9.80 Å². The van der Waals surface area contributed by atoms with Gasteiger partial charge in [0.25, 0.3) is 0 Å². The normalized spacial score (nSPS) is 24.5. The summed E-state index contributed by atoms with van der Waals surface area (Å²) < 4.78 is 5.36. The van der Waals surface area contributed by atoms with Gasteiger partial charge in [-0.15, -0.1) is 0 Å². The Labute approximate surface area is 111 Å². The quantitative estimate of drug-likeness (QED) is 0.763. The third-order valence-corrected chi connectivity index (χ3v) is 4.31. The molecule has 0 spiro atoms. The SMILES string of the molecule is OCCN1CCC(CCCN2CCOCC2)CC1. The Morgan fingerprint density at radius 3 is 2.28 bits per heavy atom. The number of aliphatic hydroxyl groups excluding tert-OH is 1. The van der Waals surface area contributed by atoms with Gasteiger partial charge in [0, 0.05) is 19.6 Å². The van der Waals surface area contributed by atoms with Gasteiger partial charge in [-0.1, -0.05) is 0 Å². The highest BCUT2D eigenvalue weighted by Crippen LogP contribution is 2.21. The minimum Gasteiger partial charge on any atom is -0.395 e. The molecular weight excluding hydrogens is 228 g/mol. The number of β-amino-alcohol motifs (C(OH)–C–C–N with tert-alkyl or cyclic N) is 1. The van der Waals surface area contributed by atoms with Crippen LogP contribution in [0.25, 0.3) is 0 Å². The van der Waals surface area contributed by atoms with E-state index in [9.17, 15) is 0 Å². The molecule has 2 heterocycles. The molecule has 0 bridgehead atoms. The van der Waals surface area contributed by atoms with E-state index >= 15 is 0 Å². The zero-order valence-corrected chi connectivity index (χ0v) is 11.5. The Hall–Kier alpha value is -0.160. The fourth-order valence-electron chi connectivity index (χ4n) is 3.07. The second-order valence-electron chi connectivity index (χ2n) is 5.60. The smallest absolute Gasteiger partial charge is 0.0594 e. The molecule has 0 unspecified atom stereocenters. The van der Waals surface area contributed by atoms with E-state index in [0.29, 0.717) is 6.61 Å². The van der Waals surface area contributed by atoms with Crippen molar-refractivity contribution in [2.75, 3.05) is 59.1 Å². The van der Waals surface area contributed by atoms with E-state index < -0.39 is 0 Å². The summed E-state index contributed by atoms with van der Waals surface area (Å²) in [5.74, 6) is 0.918. The Morgan fingerprint density at radius 2 is 1.61 bits per heavy atom. The molecule has 18 heavy (non-hydrogen) atoms. The molecule has 2 rings (SSSR count). The lowest BCUT2D eigenvalue weighted by atomic mass is 9.92. The number of hydrogen-bond donors (Lipinski definition) is 1. The fraction of sp³-hybridized carbons (Fsp3) is 1.00. The molecule has 0 amide bonds. The van der Waals surface area contributed by atoms with E-state index in [1.807, 2.05) is 0 Å². The number of aliphatic hydroxyl groups is 1. The van der Waals surface area contributed by atoms with Crippen LogP contribution in [0.2, 0.25) is 0 Å². The molecule has 0 radical (unpaired) electrons. The van der Waals surface area contributed by atoms with Crippen LogP contribution in [0.4, 0.5) is 0 Å². The van der Waals surface area contributed by atoms with Crippen molar-refractivity contribution in [1.29, 1.82) is 0 Å². The van der Waals surface area contributed by atoms with Crippen molar-refractivity contribution in [3.63, 3.8) is 0 Å². The molecule has 0 aromatic heterocycles. The standard InChI is InChI=1S/C14H28N2O2/c17-11-8-16-6-3-14(4-7-16)2-1-5-15-9-12-18-13-10-15/h14,17H,1-13H2. The molecule has 2 aliphatic rings.